The van der Waals surface area contributed by atoms with Crippen LogP contribution in [0.1, 0.15) is 21.5 Å². The quantitative estimate of drug-likeness (QED) is 0.501. The minimum Gasteiger partial charge on any atom is -0.497 e. The van der Waals surface area contributed by atoms with E-state index in [1.807, 2.05) is 0 Å². The molecule has 0 radical (unpaired) electrons. The first-order chi connectivity index (χ1) is 16.2. The molecule has 0 unspecified atom stereocenters. The molecule has 34 heavy (non-hydrogen) atoms. The third-order valence-corrected chi connectivity index (χ3v) is 4.87. The van der Waals surface area contributed by atoms with E-state index in [4.69, 9.17) is 9.47 Å². The van der Waals surface area contributed by atoms with Crippen molar-refractivity contribution in [1.82, 2.24) is 4.90 Å². The minimum atomic E-state index is -4.40. The van der Waals surface area contributed by atoms with Crippen LogP contribution in [0, 0.1) is 0 Å². The number of hydrogen-bond acceptors (Lipinski definition) is 4. The van der Waals surface area contributed by atoms with Crippen LogP contribution in [0.5, 0.6) is 11.5 Å². The second kappa shape index (κ2) is 10.7. The number of amides is 2. The molecule has 0 aliphatic carbocycles. The van der Waals surface area contributed by atoms with E-state index < -0.39 is 11.7 Å². The van der Waals surface area contributed by atoms with Gasteiger partial charge in [-0.1, -0.05) is 18.2 Å². The number of alkyl halides is 3. The van der Waals surface area contributed by atoms with E-state index in [-0.39, 0.29) is 25.0 Å². The highest BCUT2D eigenvalue weighted by Gasteiger charge is 2.30. The fourth-order valence-corrected chi connectivity index (χ4v) is 3.11. The summed E-state index contributed by atoms with van der Waals surface area (Å²) in [4.78, 5) is 26.1. The molecule has 6 nitrogen and oxygen atoms in total. The van der Waals surface area contributed by atoms with E-state index in [9.17, 15) is 22.8 Å². The Labute approximate surface area is 194 Å². The Kier molecular flexibility index (Phi) is 7.78. The maximum Gasteiger partial charge on any atom is 0.416 e. The zero-order valence-electron chi connectivity index (χ0n) is 18.6. The first kappa shape index (κ1) is 24.6. The predicted octanol–water partition coefficient (Wildman–Crippen LogP) is 5.00. The van der Waals surface area contributed by atoms with Crippen molar-refractivity contribution in [3.63, 3.8) is 0 Å². The molecule has 0 aliphatic rings. The summed E-state index contributed by atoms with van der Waals surface area (Å²) in [6.07, 6.45) is -4.40. The summed E-state index contributed by atoms with van der Waals surface area (Å²) in [5, 5.41) is 2.70. The Balaban J connectivity index is 1.51. The van der Waals surface area contributed by atoms with E-state index in [1.54, 1.807) is 55.6 Å². The highest BCUT2D eigenvalue weighted by Crippen LogP contribution is 2.29. The van der Waals surface area contributed by atoms with Gasteiger partial charge >= 0.3 is 6.18 Å². The van der Waals surface area contributed by atoms with Crippen LogP contribution in [0.15, 0.2) is 72.8 Å². The number of benzene rings is 3. The van der Waals surface area contributed by atoms with Gasteiger partial charge in [-0.25, -0.2) is 0 Å². The summed E-state index contributed by atoms with van der Waals surface area (Å²) in [7, 11) is 3.10. The Bertz CT molecular complexity index is 1130. The lowest BCUT2D eigenvalue weighted by Gasteiger charge is -2.18. The summed E-state index contributed by atoms with van der Waals surface area (Å²) in [6.45, 7) is -0.0714. The Morgan fingerprint density at radius 2 is 1.62 bits per heavy atom. The average molecular weight is 472 g/mol. The minimum absolute atomic E-state index is 0.152. The van der Waals surface area contributed by atoms with Gasteiger partial charge in [-0.15, -0.1) is 0 Å². The Morgan fingerprint density at radius 1 is 0.941 bits per heavy atom. The van der Waals surface area contributed by atoms with E-state index in [0.717, 1.165) is 12.1 Å². The number of anilines is 1. The number of carbonyl (C=O) groups is 2. The lowest BCUT2D eigenvalue weighted by Crippen LogP contribution is -2.26. The second-order valence-corrected chi connectivity index (χ2v) is 7.45. The molecule has 0 aliphatic heterocycles. The summed E-state index contributed by atoms with van der Waals surface area (Å²) in [5.41, 5.74) is 0.788. The zero-order chi connectivity index (χ0) is 24.7. The molecule has 9 heteroatoms. The van der Waals surface area contributed by atoms with Crippen molar-refractivity contribution in [2.24, 2.45) is 0 Å². The second-order valence-electron chi connectivity index (χ2n) is 7.45. The van der Waals surface area contributed by atoms with Gasteiger partial charge in [0.05, 0.1) is 12.7 Å². The standard InChI is InChI=1S/C25H23F3N2O4/c1-30(15-17-6-10-19(11-7-17)25(26,27)28)24(32)18-8-12-21(13-9-18)34-16-23(31)29-20-4-3-5-22(14-20)33-2/h3-14H,15-16H2,1-2H3,(H,29,31). The van der Waals surface area contributed by atoms with E-state index >= 15 is 0 Å². The highest BCUT2D eigenvalue weighted by atomic mass is 19.4. The smallest absolute Gasteiger partial charge is 0.416 e. The van der Waals surface area contributed by atoms with Crippen molar-refractivity contribution >= 4 is 17.5 Å². The first-order valence-corrected chi connectivity index (χ1v) is 10.2. The molecule has 178 valence electrons. The fraction of sp³-hybridized carbons (Fsp3) is 0.200. The SMILES string of the molecule is COc1cccc(NC(=O)COc2ccc(C(=O)N(C)Cc3ccc(C(F)(F)F)cc3)cc2)c1. The predicted molar refractivity (Wildman–Crippen MR) is 121 cm³/mol. The van der Waals surface area contributed by atoms with Crippen LogP contribution in [0.3, 0.4) is 0 Å². The van der Waals surface area contributed by atoms with Gasteiger partial charge in [0.15, 0.2) is 6.61 Å². The summed E-state index contributed by atoms with van der Waals surface area (Å²) in [5.74, 6) is 0.358. The average Bonchev–Trinajstić information content (AvgIpc) is 2.82. The third-order valence-electron chi connectivity index (χ3n) is 4.87. The molecule has 0 aromatic heterocycles. The highest BCUT2D eigenvalue weighted by molar-refractivity contribution is 5.94. The number of hydrogen-bond donors (Lipinski definition) is 1. The monoisotopic (exact) mass is 472 g/mol. The van der Waals surface area contributed by atoms with E-state index in [0.29, 0.717) is 28.3 Å². The van der Waals surface area contributed by atoms with E-state index in [1.165, 1.54) is 24.1 Å². The number of nitrogens with one attached hydrogen (secondary N) is 1. The van der Waals surface area contributed by atoms with E-state index in [2.05, 4.69) is 5.32 Å². The van der Waals surface area contributed by atoms with Gasteiger partial charge < -0.3 is 19.7 Å². The Morgan fingerprint density at radius 3 is 2.24 bits per heavy atom. The van der Waals surface area contributed by atoms with Gasteiger partial charge in [-0.3, -0.25) is 9.59 Å². The molecule has 3 aromatic rings. The lowest BCUT2D eigenvalue weighted by molar-refractivity contribution is -0.137. The number of methoxy groups -OCH3 is 1. The molecule has 0 heterocycles. The lowest BCUT2D eigenvalue weighted by atomic mass is 10.1. The number of carbonyl (C=O) groups excluding carboxylic acids is 2. The van der Waals surface area contributed by atoms with Crippen molar-refractivity contribution in [1.29, 1.82) is 0 Å². The van der Waals surface area contributed by atoms with Crippen LogP contribution in [0.4, 0.5) is 18.9 Å². The first-order valence-electron chi connectivity index (χ1n) is 10.2. The van der Waals surface area contributed by atoms with Crippen LogP contribution >= 0.6 is 0 Å². The van der Waals surface area contributed by atoms with Crippen molar-refractivity contribution in [2.75, 3.05) is 26.1 Å². The van der Waals surface area contributed by atoms with Gasteiger partial charge in [0.25, 0.3) is 11.8 Å². The maximum atomic E-state index is 12.7. The normalized spacial score (nSPS) is 11.0. The largest absolute Gasteiger partial charge is 0.497 e. The number of halogens is 3. The molecule has 3 aromatic carbocycles. The number of rotatable bonds is 8. The molecule has 0 fully saturated rings. The number of nitrogens with zero attached hydrogens (tertiary/aromatic N) is 1. The third kappa shape index (κ3) is 6.74. The molecule has 0 saturated carbocycles. The molecule has 0 spiro atoms. The Hall–Kier alpha value is -4.01. The zero-order valence-corrected chi connectivity index (χ0v) is 18.6. The van der Waals surface area contributed by atoms with Crippen LogP contribution < -0.4 is 14.8 Å². The van der Waals surface area contributed by atoms with Crippen molar-refractivity contribution < 1.29 is 32.2 Å². The van der Waals surface area contributed by atoms with Gasteiger partial charge in [0, 0.05) is 30.9 Å². The molecule has 3 rings (SSSR count). The molecule has 0 atom stereocenters. The van der Waals surface area contributed by atoms with Crippen LogP contribution in [0.25, 0.3) is 0 Å². The van der Waals surface area contributed by atoms with Gasteiger partial charge in [0.2, 0.25) is 0 Å². The van der Waals surface area contributed by atoms with Crippen molar-refractivity contribution in [2.45, 2.75) is 12.7 Å². The van der Waals surface area contributed by atoms with Crippen molar-refractivity contribution in [3.8, 4) is 11.5 Å². The van der Waals surface area contributed by atoms with Crippen LogP contribution in [-0.2, 0) is 17.5 Å². The van der Waals surface area contributed by atoms with Crippen molar-refractivity contribution in [3.05, 3.63) is 89.5 Å². The topological polar surface area (TPSA) is 67.9 Å². The molecule has 2 amide bonds. The molecule has 1 N–H and O–H groups in total. The number of ether oxygens (including phenoxy) is 2. The van der Waals surface area contributed by atoms with Gasteiger partial charge in [-0.05, 0) is 54.1 Å². The molecule has 0 bridgehead atoms. The summed E-state index contributed by atoms with van der Waals surface area (Å²) >= 11 is 0. The molecule has 0 saturated heterocycles. The van der Waals surface area contributed by atoms with Gasteiger partial charge in [0.1, 0.15) is 11.5 Å². The van der Waals surface area contributed by atoms with Crippen LogP contribution in [-0.4, -0.2) is 37.5 Å². The van der Waals surface area contributed by atoms with Gasteiger partial charge in [-0.2, -0.15) is 13.2 Å². The summed E-state index contributed by atoms with van der Waals surface area (Å²) < 4.78 is 48.6. The fourth-order valence-electron chi connectivity index (χ4n) is 3.11. The van der Waals surface area contributed by atoms with Crippen LogP contribution in [0.2, 0.25) is 0 Å². The molecular formula is C25H23F3N2O4. The summed E-state index contributed by atoms with van der Waals surface area (Å²) in [6, 6.07) is 17.8. The molecular weight excluding hydrogens is 449 g/mol. The maximum absolute atomic E-state index is 12.7.